The minimum Gasteiger partial charge on any atom is -0.392 e. The second-order valence-corrected chi connectivity index (χ2v) is 6.76. The molecule has 1 aromatic carbocycles. The normalized spacial score (nSPS) is 28.9. The van der Waals surface area contributed by atoms with Crippen molar-refractivity contribution in [2.24, 2.45) is 5.41 Å². The first-order valence-electron chi connectivity index (χ1n) is 7.75. The maximum atomic E-state index is 14.1. The molecule has 1 spiro atoms. The molecule has 3 rings (SSSR count). The van der Waals surface area contributed by atoms with E-state index in [1.54, 1.807) is 0 Å². The smallest absolute Gasteiger partial charge is 0.230 e. The van der Waals surface area contributed by atoms with Crippen molar-refractivity contribution in [2.45, 2.75) is 31.9 Å². The van der Waals surface area contributed by atoms with Crippen LogP contribution in [0.2, 0.25) is 5.02 Å². The maximum absolute atomic E-state index is 14.1. The summed E-state index contributed by atoms with van der Waals surface area (Å²) in [5.74, 6) is -1.59. The van der Waals surface area contributed by atoms with E-state index < -0.39 is 23.2 Å². The van der Waals surface area contributed by atoms with E-state index in [9.17, 15) is 18.7 Å². The summed E-state index contributed by atoms with van der Waals surface area (Å²) < 4.78 is 28.0. The van der Waals surface area contributed by atoms with Crippen molar-refractivity contribution < 1.29 is 18.7 Å². The highest BCUT2D eigenvalue weighted by Gasteiger charge is 2.49. The van der Waals surface area contributed by atoms with Crippen molar-refractivity contribution in [2.75, 3.05) is 19.6 Å². The summed E-state index contributed by atoms with van der Waals surface area (Å²) in [6.07, 6.45) is 1.04. The number of hydrogen-bond donors (Lipinski definition) is 2. The SMILES string of the molecule is O=C1NCCC[C@]12CN(Cc1c(F)ccc(Cl)c1F)CC[C@@H]2O. The van der Waals surface area contributed by atoms with E-state index in [1.165, 1.54) is 6.07 Å². The molecule has 2 heterocycles. The van der Waals surface area contributed by atoms with Gasteiger partial charge in [0.2, 0.25) is 5.91 Å². The number of benzene rings is 1. The van der Waals surface area contributed by atoms with Crippen LogP contribution in [0.5, 0.6) is 0 Å². The van der Waals surface area contributed by atoms with Crippen LogP contribution in [0.25, 0.3) is 0 Å². The third-order valence-corrected chi connectivity index (χ3v) is 5.21. The molecule has 4 nitrogen and oxygen atoms in total. The van der Waals surface area contributed by atoms with Crippen molar-refractivity contribution >= 4 is 17.5 Å². The van der Waals surface area contributed by atoms with Gasteiger partial charge in [-0.25, -0.2) is 8.78 Å². The average Bonchev–Trinajstić information content (AvgIpc) is 2.54. The summed E-state index contributed by atoms with van der Waals surface area (Å²) in [4.78, 5) is 14.1. The lowest BCUT2D eigenvalue weighted by Crippen LogP contribution is -2.61. The molecular weight excluding hydrogens is 326 g/mol. The highest BCUT2D eigenvalue weighted by Crippen LogP contribution is 2.38. The summed E-state index contributed by atoms with van der Waals surface area (Å²) >= 11 is 5.73. The van der Waals surface area contributed by atoms with Crippen molar-refractivity contribution in [1.82, 2.24) is 10.2 Å². The standard InChI is InChI=1S/C16H19ClF2N2O2/c17-11-2-3-12(18)10(14(11)19)8-21-7-4-13(22)16(9-21)5-1-6-20-15(16)23/h2-3,13,22H,1,4-9H2,(H,20,23)/t13-,16+/m0/s1. The molecule has 23 heavy (non-hydrogen) atoms. The van der Waals surface area contributed by atoms with Crippen LogP contribution in [0.4, 0.5) is 8.78 Å². The molecule has 126 valence electrons. The van der Waals surface area contributed by atoms with Crippen molar-refractivity contribution in [3.63, 3.8) is 0 Å². The Morgan fingerprint density at radius 2 is 2.22 bits per heavy atom. The highest BCUT2D eigenvalue weighted by molar-refractivity contribution is 6.30. The van der Waals surface area contributed by atoms with Crippen LogP contribution in [0.1, 0.15) is 24.8 Å². The molecule has 1 amide bonds. The number of rotatable bonds is 2. The topological polar surface area (TPSA) is 52.6 Å². The zero-order chi connectivity index (χ0) is 16.6. The van der Waals surface area contributed by atoms with Crippen molar-refractivity contribution in [1.29, 1.82) is 0 Å². The zero-order valence-electron chi connectivity index (χ0n) is 12.6. The number of aliphatic hydroxyl groups excluding tert-OH is 1. The molecule has 2 aliphatic rings. The summed E-state index contributed by atoms with van der Waals surface area (Å²) in [7, 11) is 0. The van der Waals surface area contributed by atoms with E-state index in [-0.39, 0.29) is 29.6 Å². The fourth-order valence-electron chi connectivity index (χ4n) is 3.60. The van der Waals surface area contributed by atoms with Gasteiger partial charge in [0, 0.05) is 31.7 Å². The van der Waals surface area contributed by atoms with Gasteiger partial charge in [0.1, 0.15) is 11.6 Å². The van der Waals surface area contributed by atoms with Crippen LogP contribution in [0.3, 0.4) is 0 Å². The summed E-state index contributed by atoms with van der Waals surface area (Å²) in [6.45, 7) is 1.39. The van der Waals surface area contributed by atoms with Gasteiger partial charge in [-0.05, 0) is 31.4 Å². The minimum atomic E-state index is -0.887. The van der Waals surface area contributed by atoms with Gasteiger partial charge in [-0.2, -0.15) is 0 Å². The Morgan fingerprint density at radius 1 is 1.43 bits per heavy atom. The first kappa shape index (κ1) is 16.6. The lowest BCUT2D eigenvalue weighted by atomic mass is 9.71. The van der Waals surface area contributed by atoms with E-state index in [0.717, 1.165) is 12.5 Å². The van der Waals surface area contributed by atoms with Crippen LogP contribution in [0.15, 0.2) is 12.1 Å². The molecule has 7 heteroatoms. The van der Waals surface area contributed by atoms with Gasteiger partial charge in [0.25, 0.3) is 0 Å². The first-order valence-corrected chi connectivity index (χ1v) is 8.13. The number of halogens is 3. The van der Waals surface area contributed by atoms with E-state index in [2.05, 4.69) is 5.32 Å². The summed E-state index contributed by atoms with van der Waals surface area (Å²) in [5.41, 5.74) is -0.984. The lowest BCUT2D eigenvalue weighted by Gasteiger charge is -2.47. The Hall–Kier alpha value is -1.24. The number of nitrogens with zero attached hydrogens (tertiary/aromatic N) is 1. The fourth-order valence-corrected chi connectivity index (χ4v) is 3.78. The Kier molecular flexibility index (Phi) is 4.58. The van der Waals surface area contributed by atoms with Gasteiger partial charge in [0.15, 0.2) is 0 Å². The van der Waals surface area contributed by atoms with E-state index in [0.29, 0.717) is 25.9 Å². The average molecular weight is 345 g/mol. The van der Waals surface area contributed by atoms with Gasteiger partial charge in [-0.15, -0.1) is 0 Å². The second kappa shape index (κ2) is 6.34. The molecule has 0 bridgehead atoms. The molecule has 0 saturated carbocycles. The van der Waals surface area contributed by atoms with Gasteiger partial charge in [0.05, 0.1) is 16.5 Å². The molecule has 0 radical (unpaired) electrons. The zero-order valence-corrected chi connectivity index (χ0v) is 13.4. The number of carbonyl (C=O) groups is 1. The lowest BCUT2D eigenvalue weighted by molar-refractivity contribution is -0.149. The Morgan fingerprint density at radius 3 is 2.96 bits per heavy atom. The molecule has 0 aliphatic carbocycles. The summed E-state index contributed by atoms with van der Waals surface area (Å²) in [6, 6.07) is 2.33. The molecule has 1 aromatic rings. The molecule has 2 fully saturated rings. The van der Waals surface area contributed by atoms with E-state index >= 15 is 0 Å². The van der Waals surface area contributed by atoms with E-state index in [4.69, 9.17) is 11.6 Å². The Labute approximate surface area is 138 Å². The molecular formula is C16H19ClF2N2O2. The molecule has 0 unspecified atom stereocenters. The first-order chi connectivity index (χ1) is 10.9. The third-order valence-electron chi connectivity index (χ3n) is 4.92. The molecule has 0 aromatic heterocycles. The van der Waals surface area contributed by atoms with Gasteiger partial charge in [-0.1, -0.05) is 11.6 Å². The number of nitrogens with one attached hydrogen (secondary N) is 1. The molecule has 2 aliphatic heterocycles. The van der Waals surface area contributed by atoms with Crippen molar-refractivity contribution in [3.05, 3.63) is 34.4 Å². The van der Waals surface area contributed by atoms with E-state index in [1.807, 2.05) is 4.90 Å². The fraction of sp³-hybridized carbons (Fsp3) is 0.562. The predicted octanol–water partition coefficient (Wildman–Crippen LogP) is 2.08. The quantitative estimate of drug-likeness (QED) is 0.808. The number of hydrogen-bond acceptors (Lipinski definition) is 3. The number of piperidine rings is 2. The minimum absolute atomic E-state index is 0.0278. The number of amides is 1. The monoisotopic (exact) mass is 344 g/mol. The van der Waals surface area contributed by atoms with Gasteiger partial charge < -0.3 is 10.4 Å². The number of aliphatic hydroxyl groups is 1. The largest absolute Gasteiger partial charge is 0.392 e. The Balaban J connectivity index is 1.82. The number of carbonyl (C=O) groups excluding carboxylic acids is 1. The van der Waals surface area contributed by atoms with Crippen LogP contribution < -0.4 is 5.32 Å². The van der Waals surface area contributed by atoms with Gasteiger partial charge in [-0.3, -0.25) is 9.69 Å². The van der Waals surface area contributed by atoms with Crippen LogP contribution in [0, 0.1) is 17.0 Å². The van der Waals surface area contributed by atoms with Crippen LogP contribution in [-0.4, -0.2) is 41.7 Å². The predicted molar refractivity (Wildman–Crippen MR) is 81.9 cm³/mol. The highest BCUT2D eigenvalue weighted by atomic mass is 35.5. The second-order valence-electron chi connectivity index (χ2n) is 6.35. The van der Waals surface area contributed by atoms with Gasteiger partial charge >= 0.3 is 0 Å². The number of likely N-dealkylation sites (tertiary alicyclic amines) is 1. The molecule has 2 N–H and O–H groups in total. The Bertz CT molecular complexity index is 628. The molecule has 2 atom stereocenters. The third kappa shape index (κ3) is 2.95. The van der Waals surface area contributed by atoms with Crippen molar-refractivity contribution in [3.8, 4) is 0 Å². The molecule has 2 saturated heterocycles. The maximum Gasteiger partial charge on any atom is 0.230 e. The summed E-state index contributed by atoms with van der Waals surface area (Å²) in [5, 5.41) is 13.0. The van der Waals surface area contributed by atoms with Crippen LogP contribution in [-0.2, 0) is 11.3 Å². The van der Waals surface area contributed by atoms with Crippen LogP contribution >= 0.6 is 11.6 Å².